The van der Waals surface area contributed by atoms with Gasteiger partial charge < -0.3 is 14.4 Å². The third kappa shape index (κ3) is 3.61. The summed E-state index contributed by atoms with van der Waals surface area (Å²) in [5.74, 6) is 1.69. The van der Waals surface area contributed by atoms with E-state index < -0.39 is 0 Å². The number of fused-ring (bicyclic) bond motifs is 1. The number of hydrogen-bond acceptors (Lipinski definition) is 4. The van der Waals surface area contributed by atoms with E-state index in [-0.39, 0.29) is 5.91 Å². The number of benzene rings is 2. The van der Waals surface area contributed by atoms with Crippen molar-refractivity contribution in [1.82, 2.24) is 20.0 Å². The molecule has 1 saturated heterocycles. The molecule has 6 nitrogen and oxygen atoms in total. The van der Waals surface area contributed by atoms with E-state index in [1.54, 1.807) is 0 Å². The van der Waals surface area contributed by atoms with Crippen molar-refractivity contribution in [2.24, 2.45) is 5.92 Å². The predicted octanol–water partition coefficient (Wildman–Crippen LogP) is 4.62. The molecule has 0 radical (unpaired) electrons. The van der Waals surface area contributed by atoms with Gasteiger partial charge in [-0.1, -0.05) is 29.4 Å². The topological polar surface area (TPSA) is 75.0 Å². The fraction of sp³-hybridized carbons (Fsp3) is 0.292. The average molecular weight is 400 g/mol. The molecule has 1 atom stereocenters. The van der Waals surface area contributed by atoms with E-state index in [1.807, 2.05) is 66.6 Å². The lowest BCUT2D eigenvalue weighted by molar-refractivity contribution is 0.0668. The van der Waals surface area contributed by atoms with Crippen molar-refractivity contribution in [2.75, 3.05) is 13.1 Å². The quantitative estimate of drug-likeness (QED) is 0.542. The average Bonchev–Trinajstić information content (AvgIpc) is 3.42. The summed E-state index contributed by atoms with van der Waals surface area (Å²) in [5, 5.41) is 5.23. The molecule has 0 aliphatic carbocycles. The molecule has 5 rings (SSSR count). The highest BCUT2D eigenvalue weighted by molar-refractivity contribution is 5.98. The van der Waals surface area contributed by atoms with Gasteiger partial charge in [-0.2, -0.15) is 4.98 Å². The van der Waals surface area contributed by atoms with E-state index >= 15 is 0 Å². The van der Waals surface area contributed by atoms with Gasteiger partial charge in [0.1, 0.15) is 0 Å². The number of piperidine rings is 1. The summed E-state index contributed by atoms with van der Waals surface area (Å²) in [4.78, 5) is 22.8. The molecule has 2 aromatic carbocycles. The maximum absolute atomic E-state index is 13.1. The molecule has 0 spiro atoms. The van der Waals surface area contributed by atoms with E-state index in [1.165, 1.54) is 0 Å². The lowest BCUT2D eigenvalue weighted by Crippen LogP contribution is -2.40. The number of aromatic amines is 1. The Morgan fingerprint density at radius 1 is 1.23 bits per heavy atom. The van der Waals surface area contributed by atoms with Gasteiger partial charge in [-0.05, 0) is 55.5 Å². The highest BCUT2D eigenvalue weighted by Crippen LogP contribution is 2.25. The van der Waals surface area contributed by atoms with Gasteiger partial charge in [0.25, 0.3) is 5.91 Å². The normalized spacial score (nSPS) is 16.8. The van der Waals surface area contributed by atoms with Crippen LogP contribution in [0.5, 0.6) is 0 Å². The van der Waals surface area contributed by atoms with Crippen LogP contribution in [0.1, 0.15) is 34.7 Å². The Morgan fingerprint density at radius 3 is 3.03 bits per heavy atom. The molecular weight excluding hydrogens is 376 g/mol. The lowest BCUT2D eigenvalue weighted by Gasteiger charge is -2.32. The summed E-state index contributed by atoms with van der Waals surface area (Å²) >= 11 is 0. The number of aryl methyl sites for hydroxylation is 1. The molecule has 0 saturated carbocycles. The number of amides is 1. The van der Waals surface area contributed by atoms with E-state index in [0.29, 0.717) is 30.6 Å². The molecule has 2 aromatic heterocycles. The maximum Gasteiger partial charge on any atom is 0.253 e. The molecule has 1 N–H and O–H groups in total. The third-order valence-electron chi connectivity index (χ3n) is 5.92. The largest absolute Gasteiger partial charge is 0.361 e. The zero-order valence-electron chi connectivity index (χ0n) is 17.0. The van der Waals surface area contributed by atoms with Crippen LogP contribution in [0.3, 0.4) is 0 Å². The summed E-state index contributed by atoms with van der Waals surface area (Å²) < 4.78 is 5.53. The summed E-state index contributed by atoms with van der Waals surface area (Å²) in [6, 6.07) is 15.9. The standard InChI is InChI=1S/C24H24N4O2/c1-16-5-2-3-7-20(16)23-26-22(30-27-23)13-17-6-4-12-28(15-17)24(29)19-8-9-21-18(14-19)10-11-25-21/h2-3,5,7-11,14,17,25H,4,6,12-13,15H2,1H3. The zero-order valence-corrected chi connectivity index (χ0v) is 17.0. The van der Waals surface area contributed by atoms with Crippen LogP contribution in [0.15, 0.2) is 59.3 Å². The van der Waals surface area contributed by atoms with Crippen LogP contribution in [-0.4, -0.2) is 39.0 Å². The SMILES string of the molecule is Cc1ccccc1-c1noc(CC2CCCN(C(=O)c3ccc4[nH]ccc4c3)C2)n1. The van der Waals surface area contributed by atoms with Gasteiger partial charge in [0.05, 0.1) is 0 Å². The third-order valence-corrected chi connectivity index (χ3v) is 5.92. The fourth-order valence-corrected chi connectivity index (χ4v) is 4.30. The van der Waals surface area contributed by atoms with E-state index in [9.17, 15) is 4.79 Å². The molecule has 1 fully saturated rings. The van der Waals surface area contributed by atoms with Gasteiger partial charge in [0, 0.05) is 47.7 Å². The van der Waals surface area contributed by atoms with Gasteiger partial charge in [0.2, 0.25) is 11.7 Å². The second-order valence-electron chi connectivity index (χ2n) is 8.07. The minimum absolute atomic E-state index is 0.0916. The molecule has 4 aromatic rings. The van der Waals surface area contributed by atoms with Crippen LogP contribution >= 0.6 is 0 Å². The number of rotatable bonds is 4. The molecule has 1 unspecified atom stereocenters. The number of aromatic nitrogens is 3. The molecule has 1 aliphatic heterocycles. The second kappa shape index (κ2) is 7.78. The minimum atomic E-state index is 0.0916. The zero-order chi connectivity index (χ0) is 20.5. The Hall–Kier alpha value is -3.41. The van der Waals surface area contributed by atoms with Gasteiger partial charge in [0.15, 0.2) is 0 Å². The number of likely N-dealkylation sites (tertiary alicyclic amines) is 1. The number of carbonyl (C=O) groups excluding carboxylic acids is 1. The molecular formula is C24H24N4O2. The summed E-state index contributed by atoms with van der Waals surface area (Å²) in [7, 11) is 0. The summed E-state index contributed by atoms with van der Waals surface area (Å²) in [6.45, 7) is 3.55. The van der Waals surface area contributed by atoms with Crippen LogP contribution in [0.4, 0.5) is 0 Å². The van der Waals surface area contributed by atoms with E-state index in [2.05, 4.69) is 15.1 Å². The van der Waals surface area contributed by atoms with E-state index in [4.69, 9.17) is 4.52 Å². The molecule has 1 aliphatic rings. The minimum Gasteiger partial charge on any atom is -0.361 e. The first-order valence-electron chi connectivity index (χ1n) is 10.4. The molecule has 0 bridgehead atoms. The van der Waals surface area contributed by atoms with Gasteiger partial charge in [-0.15, -0.1) is 0 Å². The van der Waals surface area contributed by atoms with Crippen LogP contribution in [-0.2, 0) is 6.42 Å². The van der Waals surface area contributed by atoms with Crippen LogP contribution in [0.25, 0.3) is 22.3 Å². The first-order valence-corrected chi connectivity index (χ1v) is 10.4. The number of nitrogens with zero attached hydrogens (tertiary/aromatic N) is 3. The molecule has 3 heterocycles. The highest BCUT2D eigenvalue weighted by atomic mass is 16.5. The molecule has 152 valence electrons. The first kappa shape index (κ1) is 18.6. The smallest absolute Gasteiger partial charge is 0.253 e. The Bertz CT molecular complexity index is 1190. The lowest BCUT2D eigenvalue weighted by atomic mass is 9.94. The maximum atomic E-state index is 13.1. The van der Waals surface area contributed by atoms with Gasteiger partial charge in [-0.25, -0.2) is 0 Å². The summed E-state index contributed by atoms with van der Waals surface area (Å²) in [6.07, 6.45) is 4.63. The monoisotopic (exact) mass is 400 g/mol. The van der Waals surface area contributed by atoms with Crippen molar-refractivity contribution < 1.29 is 9.32 Å². The Kier molecular flexibility index (Phi) is 4.83. The molecule has 1 amide bonds. The van der Waals surface area contributed by atoms with Crippen molar-refractivity contribution >= 4 is 16.8 Å². The van der Waals surface area contributed by atoms with Gasteiger partial charge in [-0.3, -0.25) is 4.79 Å². The number of nitrogens with one attached hydrogen (secondary N) is 1. The highest BCUT2D eigenvalue weighted by Gasteiger charge is 2.26. The van der Waals surface area contributed by atoms with Crippen LogP contribution in [0.2, 0.25) is 0 Å². The van der Waals surface area contributed by atoms with Crippen molar-refractivity contribution in [3.8, 4) is 11.4 Å². The number of H-pyrrole nitrogens is 1. The van der Waals surface area contributed by atoms with Crippen molar-refractivity contribution in [2.45, 2.75) is 26.2 Å². The number of carbonyl (C=O) groups is 1. The van der Waals surface area contributed by atoms with Gasteiger partial charge >= 0.3 is 0 Å². The molecule has 6 heteroatoms. The first-order chi connectivity index (χ1) is 14.7. The number of hydrogen-bond donors (Lipinski definition) is 1. The Morgan fingerprint density at radius 2 is 2.13 bits per heavy atom. The van der Waals surface area contributed by atoms with E-state index in [0.717, 1.165) is 47.0 Å². The summed E-state index contributed by atoms with van der Waals surface area (Å²) in [5.41, 5.74) is 3.90. The van der Waals surface area contributed by atoms with Crippen molar-refractivity contribution in [3.05, 3.63) is 71.7 Å². The van der Waals surface area contributed by atoms with Crippen molar-refractivity contribution in [3.63, 3.8) is 0 Å². The van der Waals surface area contributed by atoms with Crippen molar-refractivity contribution in [1.29, 1.82) is 0 Å². The molecule has 30 heavy (non-hydrogen) atoms. The fourth-order valence-electron chi connectivity index (χ4n) is 4.30. The van der Waals surface area contributed by atoms with Crippen LogP contribution < -0.4 is 0 Å². The Labute approximate surface area is 174 Å². The Balaban J connectivity index is 1.28. The van der Waals surface area contributed by atoms with Crippen LogP contribution in [0, 0.1) is 12.8 Å². The second-order valence-corrected chi connectivity index (χ2v) is 8.07. The predicted molar refractivity (Wildman–Crippen MR) is 115 cm³/mol.